The molecular weight excluding hydrogens is 618 g/mol. The number of rotatable bonds is 14. The Kier molecular flexibility index (Phi) is 10.5. The number of aliphatic imine (C=N–C) groups is 1. The largest absolute Gasteiger partial charge is 0.372 e. The van der Waals surface area contributed by atoms with Crippen molar-refractivity contribution in [2.45, 2.75) is 96.2 Å². The quantitative estimate of drug-likeness (QED) is 0.224. The van der Waals surface area contributed by atoms with Crippen LogP contribution in [0, 0.1) is 13.8 Å². The summed E-state index contributed by atoms with van der Waals surface area (Å²) in [7, 11) is -2.39. The van der Waals surface area contributed by atoms with Gasteiger partial charge in [0.05, 0.1) is 11.4 Å². The van der Waals surface area contributed by atoms with Crippen molar-refractivity contribution in [1.82, 2.24) is 15.0 Å². The normalized spacial score (nSPS) is 15.8. The number of carbonyl (C=O) groups is 2. The topological polar surface area (TPSA) is 134 Å². The number of sulfonamides is 1. The molecule has 1 aliphatic carbocycles. The van der Waals surface area contributed by atoms with E-state index in [0.29, 0.717) is 35.6 Å². The summed E-state index contributed by atoms with van der Waals surface area (Å²) in [4.78, 5) is 35.3. The van der Waals surface area contributed by atoms with E-state index in [1.807, 2.05) is 30.0 Å². The van der Waals surface area contributed by atoms with Crippen LogP contribution in [0.25, 0.3) is 11.1 Å². The van der Waals surface area contributed by atoms with Crippen molar-refractivity contribution in [3.8, 4) is 11.1 Å². The number of carbonyl (C=O) groups excluding carboxylic acids is 2. The van der Waals surface area contributed by atoms with Crippen LogP contribution in [0.15, 0.2) is 56.9 Å². The molecule has 2 amide bonds. The smallest absolute Gasteiger partial charge is 0.263 e. The summed E-state index contributed by atoms with van der Waals surface area (Å²) >= 11 is 0. The van der Waals surface area contributed by atoms with Crippen LogP contribution < -0.4 is 4.72 Å². The van der Waals surface area contributed by atoms with Gasteiger partial charge < -0.3 is 14.2 Å². The maximum Gasteiger partial charge on any atom is 0.263 e. The minimum atomic E-state index is -4.08. The third-order valence-electron chi connectivity index (χ3n) is 9.11. The number of nitrogens with one attached hydrogen (secondary N) is 1. The van der Waals surface area contributed by atoms with Gasteiger partial charge in [-0.05, 0) is 62.8 Å². The molecule has 47 heavy (non-hydrogen) atoms. The molecule has 1 N–H and O–H groups in total. The summed E-state index contributed by atoms with van der Waals surface area (Å²) in [5, 5.41) is 3.88. The van der Waals surface area contributed by atoms with E-state index in [1.165, 1.54) is 0 Å². The molecule has 0 bridgehead atoms. The average molecular weight is 664 g/mol. The second kappa shape index (κ2) is 14.4. The van der Waals surface area contributed by atoms with Crippen LogP contribution in [0.3, 0.4) is 0 Å². The molecule has 3 aromatic rings. The van der Waals surface area contributed by atoms with Gasteiger partial charge in [-0.1, -0.05) is 67.7 Å². The number of nitrogens with zero attached hydrogens (tertiary/aromatic N) is 4. The molecule has 0 unspecified atom stereocenters. The molecule has 2 aliphatic rings. The molecule has 1 aliphatic heterocycles. The lowest BCUT2D eigenvalue weighted by atomic mass is 9.96. The third kappa shape index (κ3) is 7.28. The van der Waals surface area contributed by atoms with Gasteiger partial charge in [-0.25, -0.2) is 8.42 Å². The molecule has 0 saturated heterocycles. The lowest BCUT2D eigenvalue weighted by molar-refractivity contribution is -0.135. The number of aryl methyl sites for hydroxylation is 1. The molecule has 5 rings (SSSR count). The van der Waals surface area contributed by atoms with Gasteiger partial charge in [-0.2, -0.15) is 0 Å². The first-order valence-electron chi connectivity index (χ1n) is 16.4. The van der Waals surface area contributed by atoms with Gasteiger partial charge in [-0.3, -0.25) is 24.2 Å². The maximum atomic E-state index is 13.8. The van der Waals surface area contributed by atoms with E-state index in [2.05, 4.69) is 16.8 Å². The van der Waals surface area contributed by atoms with Crippen molar-refractivity contribution in [3.63, 3.8) is 0 Å². The van der Waals surface area contributed by atoms with Gasteiger partial charge in [-0.15, -0.1) is 0 Å². The number of benzene rings is 2. The number of amidine groups is 1. The van der Waals surface area contributed by atoms with Gasteiger partial charge in [0.15, 0.2) is 5.82 Å². The molecular formula is C35H45N5O6S. The summed E-state index contributed by atoms with van der Waals surface area (Å²) < 4.78 is 40.6. The summed E-state index contributed by atoms with van der Waals surface area (Å²) in [6.45, 7) is 8.31. The second-order valence-electron chi connectivity index (χ2n) is 12.5. The molecule has 2 heterocycles. The SMILES string of the molecule is CCCCC1=NC2(CCCC2)C(=O)N1Cc1ccc(-c2ccccc2S(=O)(=O)Nc2noc(C)c2C)c(CN(C)C(=O)COCC)c1. The van der Waals surface area contributed by atoms with Crippen molar-refractivity contribution in [2.24, 2.45) is 4.99 Å². The average Bonchev–Trinajstić information content (AvgIpc) is 3.73. The number of ether oxygens (including phenoxy) is 1. The Morgan fingerprint density at radius 3 is 2.53 bits per heavy atom. The second-order valence-corrected chi connectivity index (χ2v) is 14.1. The van der Waals surface area contributed by atoms with Gasteiger partial charge >= 0.3 is 0 Å². The molecule has 0 atom stereocenters. The third-order valence-corrected chi connectivity index (χ3v) is 10.5. The van der Waals surface area contributed by atoms with Gasteiger partial charge in [0.2, 0.25) is 5.91 Å². The number of aromatic nitrogens is 1. The standard InChI is InChI=1S/C35H45N5O6S/c1-6-8-15-31-36-35(18-11-12-19-35)34(42)40(31)21-26-16-17-28(27(20-26)22-39(5)32(41)23-45-7-2)29-13-9-10-14-30(29)47(43,44)38-33-24(3)25(4)46-37-33/h9-10,13-14,16-17,20H,6-8,11-12,15,18-19,21-23H2,1-5H3,(H,37,38). The van der Waals surface area contributed by atoms with E-state index in [1.54, 1.807) is 50.1 Å². The van der Waals surface area contributed by atoms with E-state index >= 15 is 0 Å². The Bertz CT molecular complexity index is 1760. The number of unbranched alkanes of at least 4 members (excludes halogenated alkanes) is 1. The first-order chi connectivity index (χ1) is 22.5. The van der Waals surface area contributed by atoms with Crippen LogP contribution in [0.4, 0.5) is 5.82 Å². The zero-order valence-corrected chi connectivity index (χ0v) is 28.8. The Labute approximate surface area is 277 Å². The van der Waals surface area contributed by atoms with Gasteiger partial charge in [0.1, 0.15) is 23.7 Å². The van der Waals surface area contributed by atoms with Crippen molar-refractivity contribution >= 4 is 33.5 Å². The van der Waals surface area contributed by atoms with Crippen LogP contribution in [-0.4, -0.2) is 66.8 Å². The molecule has 0 radical (unpaired) electrons. The first-order valence-corrected chi connectivity index (χ1v) is 17.9. The molecule has 1 spiro atoms. The molecule has 1 saturated carbocycles. The fraction of sp³-hybridized carbons (Fsp3) is 0.486. The highest BCUT2D eigenvalue weighted by Gasteiger charge is 2.49. The van der Waals surface area contributed by atoms with Crippen molar-refractivity contribution in [1.29, 1.82) is 0 Å². The summed E-state index contributed by atoms with van der Waals surface area (Å²) in [5.74, 6) is 1.36. The number of hydrogen-bond acceptors (Lipinski definition) is 8. The Morgan fingerprint density at radius 2 is 1.85 bits per heavy atom. The molecule has 11 nitrogen and oxygen atoms in total. The number of hydrogen-bond donors (Lipinski definition) is 1. The predicted molar refractivity (Wildman–Crippen MR) is 180 cm³/mol. The lowest BCUT2D eigenvalue weighted by Crippen LogP contribution is -2.40. The minimum absolute atomic E-state index is 0.0595. The van der Waals surface area contributed by atoms with Crippen molar-refractivity contribution < 1.29 is 27.3 Å². The monoisotopic (exact) mass is 663 g/mol. The van der Waals surface area contributed by atoms with Crippen LogP contribution in [0.1, 0.15) is 81.2 Å². The van der Waals surface area contributed by atoms with Crippen LogP contribution in [-0.2, 0) is 37.4 Å². The molecule has 1 fully saturated rings. The van der Waals surface area contributed by atoms with E-state index < -0.39 is 15.6 Å². The Hall–Kier alpha value is -4.03. The summed E-state index contributed by atoms with van der Waals surface area (Å²) in [6.07, 6.45) is 6.25. The van der Waals surface area contributed by atoms with E-state index in [0.717, 1.165) is 61.9 Å². The first kappa shape index (κ1) is 34.3. The zero-order chi connectivity index (χ0) is 33.8. The summed E-state index contributed by atoms with van der Waals surface area (Å²) in [5.41, 5.74) is 2.69. The number of likely N-dealkylation sites (N-methyl/N-ethyl adjacent to an activating group) is 1. The Morgan fingerprint density at radius 1 is 1.11 bits per heavy atom. The van der Waals surface area contributed by atoms with Gasteiger partial charge in [0, 0.05) is 37.7 Å². The van der Waals surface area contributed by atoms with E-state index in [4.69, 9.17) is 14.3 Å². The predicted octanol–water partition coefficient (Wildman–Crippen LogP) is 6.00. The summed E-state index contributed by atoms with van der Waals surface area (Å²) in [6, 6.07) is 12.5. The molecule has 12 heteroatoms. The van der Waals surface area contributed by atoms with Gasteiger partial charge in [0.25, 0.3) is 15.9 Å². The minimum Gasteiger partial charge on any atom is -0.372 e. The molecule has 252 valence electrons. The van der Waals surface area contributed by atoms with Crippen molar-refractivity contribution in [2.75, 3.05) is 25.0 Å². The lowest BCUT2D eigenvalue weighted by Gasteiger charge is -2.24. The number of amides is 2. The highest BCUT2D eigenvalue weighted by atomic mass is 32.2. The highest BCUT2D eigenvalue weighted by molar-refractivity contribution is 7.92. The van der Waals surface area contributed by atoms with Crippen LogP contribution in [0.2, 0.25) is 0 Å². The molecule has 2 aromatic carbocycles. The fourth-order valence-electron chi connectivity index (χ4n) is 6.28. The van der Waals surface area contributed by atoms with Crippen LogP contribution in [0.5, 0.6) is 0 Å². The zero-order valence-electron chi connectivity index (χ0n) is 28.0. The fourth-order valence-corrected chi connectivity index (χ4v) is 7.56. The van der Waals surface area contributed by atoms with Crippen molar-refractivity contribution in [3.05, 3.63) is 64.9 Å². The van der Waals surface area contributed by atoms with Crippen LogP contribution >= 0.6 is 0 Å². The number of anilines is 1. The van der Waals surface area contributed by atoms with E-state index in [9.17, 15) is 18.0 Å². The Balaban J connectivity index is 1.53. The van der Waals surface area contributed by atoms with E-state index in [-0.39, 0.29) is 35.7 Å². The molecule has 1 aromatic heterocycles. The highest BCUT2D eigenvalue weighted by Crippen LogP contribution is 2.40. The maximum absolute atomic E-state index is 13.8.